The van der Waals surface area contributed by atoms with Crippen LogP contribution in [0.1, 0.15) is 67.3 Å². The fraction of sp³-hybridized carbons (Fsp3) is 0.389. The van der Waals surface area contributed by atoms with Crippen molar-refractivity contribution in [3.05, 3.63) is 76.9 Å². The molecule has 0 aliphatic carbocycles. The van der Waals surface area contributed by atoms with E-state index in [4.69, 9.17) is 14.2 Å². The molecular weight excluding hydrogens is 554 g/mol. The van der Waals surface area contributed by atoms with Gasteiger partial charge in [-0.1, -0.05) is 44.2 Å². The van der Waals surface area contributed by atoms with Crippen molar-refractivity contribution in [2.45, 2.75) is 57.9 Å². The summed E-state index contributed by atoms with van der Waals surface area (Å²) < 4.78 is 17.0. The van der Waals surface area contributed by atoms with Gasteiger partial charge in [0.05, 0.1) is 13.7 Å². The van der Waals surface area contributed by atoms with Crippen LogP contribution < -0.4 is 24.4 Å². The van der Waals surface area contributed by atoms with Crippen LogP contribution in [-0.4, -0.2) is 50.3 Å². The Bertz CT molecular complexity index is 1490. The van der Waals surface area contributed by atoms with Crippen molar-refractivity contribution in [2.24, 2.45) is 0 Å². The molecule has 3 aliphatic heterocycles. The molecule has 0 saturated carbocycles. The average Bonchev–Trinajstić information content (AvgIpc) is 3.81. The highest BCUT2D eigenvalue weighted by molar-refractivity contribution is 5.95. The number of hydrogen-bond donors (Lipinski definition) is 1. The van der Waals surface area contributed by atoms with E-state index in [1.54, 1.807) is 7.11 Å². The number of likely N-dealkylation sites (tertiary alicyclic amines) is 1. The van der Waals surface area contributed by atoms with E-state index in [0.717, 1.165) is 65.9 Å². The summed E-state index contributed by atoms with van der Waals surface area (Å²) in [6.07, 6.45) is 12.1. The lowest BCUT2D eigenvalue weighted by Crippen LogP contribution is -2.33. The van der Waals surface area contributed by atoms with Gasteiger partial charge in [-0.15, -0.1) is 12.8 Å². The summed E-state index contributed by atoms with van der Waals surface area (Å²) in [5.74, 6) is 2.33. The Hall–Kier alpha value is -4.48. The molecule has 3 aromatic carbocycles. The van der Waals surface area contributed by atoms with E-state index in [1.165, 1.54) is 0 Å². The summed E-state index contributed by atoms with van der Waals surface area (Å²) in [5, 5.41) is 3.26. The second-order valence-corrected chi connectivity index (χ2v) is 11.3. The Morgan fingerprint density at radius 1 is 1.02 bits per heavy atom. The van der Waals surface area contributed by atoms with Crippen LogP contribution >= 0.6 is 0 Å². The van der Waals surface area contributed by atoms with Crippen LogP contribution in [-0.2, 0) is 22.4 Å². The molecule has 230 valence electrons. The summed E-state index contributed by atoms with van der Waals surface area (Å²) in [4.78, 5) is 30.0. The second-order valence-electron chi connectivity index (χ2n) is 11.3. The quantitative estimate of drug-likeness (QED) is 0.302. The predicted molar refractivity (Wildman–Crippen MR) is 173 cm³/mol. The Morgan fingerprint density at radius 2 is 1.75 bits per heavy atom. The molecular formula is C36H41N3O5. The highest BCUT2D eigenvalue weighted by Gasteiger charge is 2.36. The molecule has 44 heavy (non-hydrogen) atoms. The molecule has 2 amide bonds. The number of hydrogen-bond acceptors (Lipinski definition) is 6. The molecule has 0 aromatic heterocycles. The van der Waals surface area contributed by atoms with Gasteiger partial charge in [-0.3, -0.25) is 14.5 Å². The highest BCUT2D eigenvalue weighted by atomic mass is 16.7. The van der Waals surface area contributed by atoms with Crippen LogP contribution in [0.25, 0.3) is 0 Å². The molecule has 8 heteroatoms. The van der Waals surface area contributed by atoms with Crippen molar-refractivity contribution in [2.75, 3.05) is 43.8 Å². The Labute approximate surface area is 260 Å². The van der Waals surface area contributed by atoms with E-state index in [-0.39, 0.29) is 37.1 Å². The number of aryl methyl sites for hydroxylation is 2. The van der Waals surface area contributed by atoms with Gasteiger partial charge >= 0.3 is 0 Å². The number of rotatable bonds is 9. The van der Waals surface area contributed by atoms with Crippen LogP contribution in [0.3, 0.4) is 0 Å². The second kappa shape index (κ2) is 13.9. The Balaban J connectivity index is 0.00000188. The Kier molecular flexibility index (Phi) is 9.76. The predicted octanol–water partition coefficient (Wildman–Crippen LogP) is 6.09. The first-order valence-electron chi connectivity index (χ1n) is 15.3. The molecule has 8 nitrogen and oxygen atoms in total. The molecule has 0 bridgehead atoms. The van der Waals surface area contributed by atoms with E-state index in [2.05, 4.69) is 67.2 Å². The summed E-state index contributed by atoms with van der Waals surface area (Å²) in [6, 6.07) is 18.7. The van der Waals surface area contributed by atoms with Gasteiger partial charge < -0.3 is 24.4 Å². The molecule has 1 N–H and O–H groups in total. The maximum Gasteiger partial charge on any atom is 0.238 e. The topological polar surface area (TPSA) is 80.3 Å². The van der Waals surface area contributed by atoms with Crippen molar-refractivity contribution < 1.29 is 23.8 Å². The lowest BCUT2D eigenvalue weighted by molar-refractivity contribution is -0.118. The van der Waals surface area contributed by atoms with Gasteiger partial charge in [-0.25, -0.2) is 0 Å². The average molecular weight is 596 g/mol. The zero-order valence-corrected chi connectivity index (χ0v) is 25.8. The fourth-order valence-electron chi connectivity index (χ4n) is 6.62. The minimum absolute atomic E-state index is 0.0150. The van der Waals surface area contributed by atoms with E-state index >= 15 is 0 Å². The van der Waals surface area contributed by atoms with Gasteiger partial charge in [0, 0.05) is 36.9 Å². The SMILES string of the molecule is C#C.CCc1cccc(CC)c1NC(=O)CN1C[C@H](c2cc(OC)c3c(c2)OCO3)C[C@@H]1c1ccc(N2CCCC2=O)cc1. The van der Waals surface area contributed by atoms with E-state index in [9.17, 15) is 9.59 Å². The van der Waals surface area contributed by atoms with Crippen molar-refractivity contribution in [3.63, 3.8) is 0 Å². The first-order valence-corrected chi connectivity index (χ1v) is 15.3. The molecule has 2 atom stereocenters. The van der Waals surface area contributed by atoms with Crippen LogP contribution in [0.2, 0.25) is 0 Å². The monoisotopic (exact) mass is 595 g/mol. The number of amides is 2. The lowest BCUT2D eigenvalue weighted by atomic mass is 9.93. The third-order valence-corrected chi connectivity index (χ3v) is 8.83. The minimum Gasteiger partial charge on any atom is -0.493 e. The van der Waals surface area contributed by atoms with E-state index in [0.29, 0.717) is 30.2 Å². The normalized spacial score (nSPS) is 19.0. The molecule has 3 aromatic rings. The van der Waals surface area contributed by atoms with Crippen LogP contribution in [0, 0.1) is 12.8 Å². The molecule has 0 radical (unpaired) electrons. The van der Waals surface area contributed by atoms with Gasteiger partial charge in [0.15, 0.2) is 11.5 Å². The number of terminal acetylenes is 1. The number of carbonyl (C=O) groups excluding carboxylic acids is 2. The smallest absolute Gasteiger partial charge is 0.238 e. The molecule has 2 saturated heterocycles. The molecule has 6 rings (SSSR count). The molecule has 0 spiro atoms. The number of fused-ring (bicyclic) bond motifs is 1. The summed E-state index contributed by atoms with van der Waals surface area (Å²) in [7, 11) is 1.64. The number of ether oxygens (including phenoxy) is 3. The minimum atomic E-state index is -0.0150. The molecule has 3 heterocycles. The molecule has 3 aliphatic rings. The third kappa shape index (κ3) is 6.24. The zero-order chi connectivity index (χ0) is 31.2. The summed E-state index contributed by atoms with van der Waals surface area (Å²) in [6.45, 7) is 6.16. The largest absolute Gasteiger partial charge is 0.493 e. The molecule has 2 fully saturated rings. The maximum atomic E-state index is 13.6. The van der Waals surface area contributed by atoms with Gasteiger partial charge in [0.1, 0.15) is 0 Å². The maximum absolute atomic E-state index is 13.6. The van der Waals surface area contributed by atoms with E-state index < -0.39 is 0 Å². The van der Waals surface area contributed by atoms with Crippen molar-refractivity contribution in [3.8, 4) is 30.1 Å². The third-order valence-electron chi connectivity index (χ3n) is 8.83. The number of para-hydroxylation sites is 1. The summed E-state index contributed by atoms with van der Waals surface area (Å²) >= 11 is 0. The molecule has 0 unspecified atom stereocenters. The number of benzene rings is 3. The van der Waals surface area contributed by atoms with Gasteiger partial charge in [-0.2, -0.15) is 0 Å². The number of methoxy groups -OCH3 is 1. The van der Waals surface area contributed by atoms with E-state index in [1.807, 2.05) is 29.2 Å². The standard InChI is InChI=1S/C34H39N3O5.C2H2/c1-4-22-8-6-9-23(5-2)33(22)35-31(38)20-36-19-26(25-17-29(40-3)34-30(18-25)41-21-42-34)16-28(36)24-11-13-27(14-12-24)37-15-7-10-32(37)39;1-2/h6,8-9,11-14,17-18,26,28H,4-5,7,10,15-16,19-21H2,1-3H3,(H,35,38);1-2H/t26-,28-;/m1./s1. The zero-order valence-electron chi connectivity index (χ0n) is 25.8. The van der Waals surface area contributed by atoms with Crippen molar-refractivity contribution >= 4 is 23.2 Å². The lowest BCUT2D eigenvalue weighted by Gasteiger charge is -2.25. The van der Waals surface area contributed by atoms with Gasteiger partial charge in [0.2, 0.25) is 24.4 Å². The number of nitrogens with one attached hydrogen (secondary N) is 1. The summed E-state index contributed by atoms with van der Waals surface area (Å²) in [5.41, 5.74) is 6.42. The van der Waals surface area contributed by atoms with Crippen LogP contribution in [0.15, 0.2) is 54.6 Å². The fourth-order valence-corrected chi connectivity index (χ4v) is 6.62. The number of anilines is 2. The number of nitrogens with zero attached hydrogens (tertiary/aromatic N) is 2. The van der Waals surface area contributed by atoms with Crippen molar-refractivity contribution in [1.29, 1.82) is 0 Å². The van der Waals surface area contributed by atoms with Crippen LogP contribution in [0.4, 0.5) is 11.4 Å². The first kappa shape index (κ1) is 31.0. The first-order chi connectivity index (χ1) is 21.5. The highest BCUT2D eigenvalue weighted by Crippen LogP contribution is 2.47. The van der Waals surface area contributed by atoms with Gasteiger partial charge in [-0.05, 0) is 78.1 Å². The van der Waals surface area contributed by atoms with Crippen molar-refractivity contribution in [1.82, 2.24) is 4.90 Å². The van der Waals surface area contributed by atoms with Gasteiger partial charge in [0.25, 0.3) is 0 Å². The Morgan fingerprint density at radius 3 is 2.39 bits per heavy atom. The number of carbonyl (C=O) groups is 2. The van der Waals surface area contributed by atoms with Crippen LogP contribution in [0.5, 0.6) is 17.2 Å².